The molecule has 0 radical (unpaired) electrons. The summed E-state index contributed by atoms with van der Waals surface area (Å²) in [6.45, 7) is 8.85. The van der Waals surface area contributed by atoms with E-state index in [9.17, 15) is 18.0 Å². The topological polar surface area (TPSA) is 86.8 Å². The molecule has 1 atom stereocenters. The lowest BCUT2D eigenvalue weighted by Crippen LogP contribution is -2.52. The number of carbonyl (C=O) groups excluding carboxylic acids is 2. The molecule has 0 fully saturated rings. The summed E-state index contributed by atoms with van der Waals surface area (Å²) in [5.74, 6) is -0.622. The van der Waals surface area contributed by atoms with Crippen molar-refractivity contribution in [2.45, 2.75) is 59.2 Å². The first-order valence-corrected chi connectivity index (χ1v) is 13.9. The summed E-state index contributed by atoms with van der Waals surface area (Å²) in [6.07, 6.45) is 1.05. The number of nitrogens with zero attached hydrogens (tertiary/aromatic N) is 2. The van der Waals surface area contributed by atoms with E-state index in [4.69, 9.17) is 23.2 Å². The number of hydrogen-bond donors (Lipinski definition) is 1. The molecule has 0 saturated heterocycles. The summed E-state index contributed by atoms with van der Waals surface area (Å²) < 4.78 is 26.3. The molecule has 0 heterocycles. The van der Waals surface area contributed by atoms with Gasteiger partial charge in [0.25, 0.3) is 0 Å². The van der Waals surface area contributed by atoms with Gasteiger partial charge >= 0.3 is 0 Å². The van der Waals surface area contributed by atoms with Gasteiger partial charge in [-0.05, 0) is 62.1 Å². The Morgan fingerprint density at radius 3 is 2.06 bits per heavy atom. The summed E-state index contributed by atoms with van der Waals surface area (Å²) in [6, 6.07) is 10.9. The smallest absolute Gasteiger partial charge is 0.244 e. The van der Waals surface area contributed by atoms with Crippen molar-refractivity contribution >= 4 is 50.7 Å². The second kappa shape index (κ2) is 12.1. The first kappa shape index (κ1) is 28.9. The molecule has 0 saturated carbocycles. The lowest BCUT2D eigenvalue weighted by molar-refractivity contribution is -0.139. The number of amides is 2. The zero-order chi connectivity index (χ0) is 26.5. The largest absolute Gasteiger partial charge is 0.352 e. The Morgan fingerprint density at radius 1 is 0.971 bits per heavy atom. The van der Waals surface area contributed by atoms with Gasteiger partial charge in [0.2, 0.25) is 21.8 Å². The summed E-state index contributed by atoms with van der Waals surface area (Å²) in [4.78, 5) is 27.7. The fourth-order valence-corrected chi connectivity index (χ4v) is 4.78. The molecule has 2 rings (SSSR count). The average molecular weight is 543 g/mol. The Bertz CT molecular complexity index is 1150. The highest BCUT2D eigenvalue weighted by Gasteiger charge is 2.30. The number of nitrogens with one attached hydrogen (secondary N) is 1. The Morgan fingerprint density at radius 2 is 1.57 bits per heavy atom. The van der Waals surface area contributed by atoms with Crippen LogP contribution < -0.4 is 9.62 Å². The van der Waals surface area contributed by atoms with E-state index in [0.29, 0.717) is 21.3 Å². The van der Waals surface area contributed by atoms with Crippen LogP contribution in [0.15, 0.2) is 42.5 Å². The standard InChI is InChI=1S/C25H33Cl2N3O4S/c1-16(2)19-8-11-22(12-9-19)30(35(6,33)34)15-24(31)29(18(5)25(32)28-17(3)4)14-20-7-10-21(26)13-23(20)27/h7-13,16-18H,14-15H2,1-6H3,(H,28,32). The number of rotatable bonds is 10. The minimum Gasteiger partial charge on any atom is -0.352 e. The minimum absolute atomic E-state index is 0.00536. The molecule has 1 N–H and O–H groups in total. The average Bonchev–Trinajstić information content (AvgIpc) is 2.75. The van der Waals surface area contributed by atoms with E-state index >= 15 is 0 Å². The normalized spacial score (nSPS) is 12.5. The van der Waals surface area contributed by atoms with Crippen molar-refractivity contribution < 1.29 is 18.0 Å². The first-order chi connectivity index (χ1) is 16.2. The van der Waals surface area contributed by atoms with Crippen LogP contribution in [0.5, 0.6) is 0 Å². The second-order valence-corrected chi connectivity index (χ2v) is 11.9. The molecule has 2 amide bonds. The monoisotopic (exact) mass is 541 g/mol. The van der Waals surface area contributed by atoms with Crippen molar-refractivity contribution in [1.29, 1.82) is 0 Å². The summed E-state index contributed by atoms with van der Waals surface area (Å²) in [5.41, 5.74) is 2.00. The van der Waals surface area contributed by atoms with E-state index in [1.54, 1.807) is 37.3 Å². The fourth-order valence-electron chi connectivity index (χ4n) is 3.46. The van der Waals surface area contributed by atoms with Crippen molar-refractivity contribution in [1.82, 2.24) is 10.2 Å². The van der Waals surface area contributed by atoms with Gasteiger partial charge < -0.3 is 10.2 Å². The Balaban J connectivity index is 2.42. The second-order valence-electron chi connectivity index (χ2n) is 9.11. The van der Waals surface area contributed by atoms with Gasteiger partial charge in [0.15, 0.2) is 0 Å². The van der Waals surface area contributed by atoms with Crippen LogP contribution in [0.2, 0.25) is 10.0 Å². The van der Waals surface area contributed by atoms with Gasteiger partial charge in [-0.3, -0.25) is 13.9 Å². The van der Waals surface area contributed by atoms with Crippen molar-refractivity contribution in [3.05, 3.63) is 63.6 Å². The number of benzene rings is 2. The highest BCUT2D eigenvalue weighted by molar-refractivity contribution is 7.92. The number of halogens is 2. The molecule has 0 spiro atoms. The summed E-state index contributed by atoms with van der Waals surface area (Å²) in [5, 5.41) is 3.58. The highest BCUT2D eigenvalue weighted by Crippen LogP contribution is 2.25. The Labute approximate surface area is 218 Å². The van der Waals surface area contributed by atoms with Crippen molar-refractivity contribution in [2.24, 2.45) is 0 Å². The fraction of sp³-hybridized carbons (Fsp3) is 0.440. The van der Waals surface area contributed by atoms with Crippen LogP contribution in [0.1, 0.15) is 51.7 Å². The lowest BCUT2D eigenvalue weighted by Gasteiger charge is -2.32. The van der Waals surface area contributed by atoms with Crippen LogP contribution in [-0.2, 0) is 26.2 Å². The zero-order valence-corrected chi connectivity index (χ0v) is 23.2. The number of anilines is 1. The predicted octanol–water partition coefficient (Wildman–Crippen LogP) is 4.82. The van der Waals surface area contributed by atoms with Crippen molar-refractivity contribution in [3.8, 4) is 0 Å². The molecule has 2 aromatic carbocycles. The molecule has 2 aromatic rings. The molecule has 0 aliphatic rings. The van der Waals surface area contributed by atoms with Crippen LogP contribution in [0.25, 0.3) is 0 Å². The molecule has 1 unspecified atom stereocenters. The van der Waals surface area contributed by atoms with Crippen LogP contribution >= 0.6 is 23.2 Å². The van der Waals surface area contributed by atoms with Gasteiger partial charge in [0.05, 0.1) is 11.9 Å². The van der Waals surface area contributed by atoms with Crippen LogP contribution in [0, 0.1) is 0 Å². The van der Waals surface area contributed by atoms with E-state index in [-0.39, 0.29) is 24.4 Å². The van der Waals surface area contributed by atoms with Gasteiger partial charge in [-0.15, -0.1) is 0 Å². The quantitative estimate of drug-likeness (QED) is 0.466. The van der Waals surface area contributed by atoms with Crippen molar-refractivity contribution in [3.63, 3.8) is 0 Å². The lowest BCUT2D eigenvalue weighted by atomic mass is 10.0. The third-order valence-electron chi connectivity index (χ3n) is 5.48. The van der Waals surface area contributed by atoms with E-state index in [0.717, 1.165) is 16.1 Å². The summed E-state index contributed by atoms with van der Waals surface area (Å²) >= 11 is 12.3. The van der Waals surface area contributed by atoms with E-state index in [1.807, 2.05) is 39.8 Å². The van der Waals surface area contributed by atoms with Gasteiger partial charge in [-0.1, -0.05) is 55.2 Å². The predicted molar refractivity (Wildman–Crippen MR) is 142 cm³/mol. The molecule has 0 bridgehead atoms. The third-order valence-corrected chi connectivity index (χ3v) is 7.21. The van der Waals surface area contributed by atoms with Crippen LogP contribution in [0.3, 0.4) is 0 Å². The Kier molecular flexibility index (Phi) is 10.0. The van der Waals surface area contributed by atoms with Gasteiger partial charge in [0, 0.05) is 22.6 Å². The van der Waals surface area contributed by atoms with E-state index < -0.39 is 28.5 Å². The van der Waals surface area contributed by atoms with Gasteiger partial charge in [-0.25, -0.2) is 8.42 Å². The van der Waals surface area contributed by atoms with Crippen LogP contribution in [-0.4, -0.2) is 50.0 Å². The van der Waals surface area contributed by atoms with E-state index in [2.05, 4.69) is 5.32 Å². The molecular formula is C25H33Cl2N3O4S. The number of carbonyl (C=O) groups is 2. The van der Waals surface area contributed by atoms with Crippen LogP contribution in [0.4, 0.5) is 5.69 Å². The molecule has 0 aliphatic heterocycles. The third kappa shape index (κ3) is 8.12. The molecule has 7 nitrogen and oxygen atoms in total. The van der Waals surface area contributed by atoms with Gasteiger partial charge in [-0.2, -0.15) is 0 Å². The van der Waals surface area contributed by atoms with Crippen molar-refractivity contribution in [2.75, 3.05) is 17.1 Å². The molecule has 10 heteroatoms. The SMILES string of the molecule is CC(C)NC(=O)C(C)N(Cc1ccc(Cl)cc1Cl)C(=O)CN(c1ccc(C(C)C)cc1)S(C)(=O)=O. The maximum atomic E-state index is 13.5. The molecule has 35 heavy (non-hydrogen) atoms. The molecule has 0 aromatic heterocycles. The molecule has 0 aliphatic carbocycles. The highest BCUT2D eigenvalue weighted by atomic mass is 35.5. The molecule has 192 valence electrons. The Hall–Kier alpha value is -2.29. The van der Waals surface area contributed by atoms with Gasteiger partial charge in [0.1, 0.15) is 12.6 Å². The number of sulfonamides is 1. The zero-order valence-electron chi connectivity index (χ0n) is 20.9. The minimum atomic E-state index is -3.79. The summed E-state index contributed by atoms with van der Waals surface area (Å²) in [7, 11) is -3.79. The maximum Gasteiger partial charge on any atom is 0.244 e. The maximum absolute atomic E-state index is 13.5. The molecular weight excluding hydrogens is 509 g/mol. The first-order valence-electron chi connectivity index (χ1n) is 11.3. The van der Waals surface area contributed by atoms with E-state index in [1.165, 1.54) is 4.90 Å². The number of hydrogen-bond acceptors (Lipinski definition) is 4.